The van der Waals surface area contributed by atoms with Crippen molar-refractivity contribution in [2.75, 3.05) is 39.3 Å². The van der Waals surface area contributed by atoms with E-state index in [2.05, 4.69) is 23.6 Å². The van der Waals surface area contributed by atoms with Crippen LogP contribution < -0.4 is 0 Å². The van der Waals surface area contributed by atoms with E-state index in [0.717, 1.165) is 45.6 Å². The number of hydrogen-bond donors (Lipinski definition) is 2. The molecule has 0 saturated carbocycles. The van der Waals surface area contributed by atoms with Crippen LogP contribution >= 0.6 is 0 Å². The number of piperidine rings is 1. The smallest absolute Gasteiger partial charge is 0.0793 e. The van der Waals surface area contributed by atoms with Gasteiger partial charge in [0, 0.05) is 39.3 Å². The quantitative estimate of drug-likeness (QED) is 0.749. The highest BCUT2D eigenvalue weighted by Gasteiger charge is 2.25. The first-order valence-electron chi connectivity index (χ1n) is 7.49. The van der Waals surface area contributed by atoms with Crippen molar-refractivity contribution < 1.29 is 14.9 Å². The van der Waals surface area contributed by atoms with Gasteiger partial charge in [0.2, 0.25) is 0 Å². The monoisotopic (exact) mass is 272 g/mol. The van der Waals surface area contributed by atoms with E-state index in [1.807, 2.05) is 0 Å². The number of ether oxygens (including phenoxy) is 1. The fourth-order valence-electron chi connectivity index (χ4n) is 3.19. The number of rotatable bonds is 4. The Morgan fingerprint density at radius 3 is 2.16 bits per heavy atom. The van der Waals surface area contributed by atoms with E-state index >= 15 is 0 Å². The molecule has 5 nitrogen and oxygen atoms in total. The Bertz CT molecular complexity index is 259. The van der Waals surface area contributed by atoms with Crippen molar-refractivity contribution in [2.24, 2.45) is 0 Å². The zero-order valence-corrected chi connectivity index (χ0v) is 12.2. The van der Waals surface area contributed by atoms with Gasteiger partial charge in [-0.2, -0.15) is 0 Å². The lowest BCUT2D eigenvalue weighted by molar-refractivity contribution is -0.0786. The summed E-state index contributed by atoms with van der Waals surface area (Å²) in [5.41, 5.74) is 0. The molecule has 2 aliphatic rings. The fraction of sp³-hybridized carbons (Fsp3) is 1.00. The molecule has 112 valence electrons. The van der Waals surface area contributed by atoms with Crippen LogP contribution in [0.4, 0.5) is 0 Å². The van der Waals surface area contributed by atoms with Crippen LogP contribution in [0.25, 0.3) is 0 Å². The summed E-state index contributed by atoms with van der Waals surface area (Å²) in [7, 11) is 0. The molecule has 5 heteroatoms. The van der Waals surface area contributed by atoms with E-state index in [1.54, 1.807) is 0 Å². The van der Waals surface area contributed by atoms with Gasteiger partial charge in [-0.05, 0) is 26.7 Å². The van der Waals surface area contributed by atoms with Crippen molar-refractivity contribution in [2.45, 2.75) is 51.1 Å². The highest BCUT2D eigenvalue weighted by Crippen LogP contribution is 2.13. The van der Waals surface area contributed by atoms with Crippen LogP contribution in [-0.4, -0.2) is 83.7 Å². The number of aliphatic hydroxyl groups is 2. The van der Waals surface area contributed by atoms with Gasteiger partial charge in [0.25, 0.3) is 0 Å². The van der Waals surface area contributed by atoms with E-state index in [9.17, 15) is 10.2 Å². The molecule has 19 heavy (non-hydrogen) atoms. The highest BCUT2D eigenvalue weighted by molar-refractivity contribution is 4.78. The second kappa shape index (κ2) is 6.99. The molecule has 2 saturated heterocycles. The summed E-state index contributed by atoms with van der Waals surface area (Å²) in [6, 6.07) is 0. The molecule has 0 bridgehead atoms. The van der Waals surface area contributed by atoms with Gasteiger partial charge in [-0.3, -0.25) is 4.90 Å². The molecule has 2 rings (SSSR count). The predicted octanol–water partition coefficient (Wildman–Crippen LogP) is -0.0868. The zero-order valence-electron chi connectivity index (χ0n) is 12.2. The largest absolute Gasteiger partial charge is 0.393 e. The van der Waals surface area contributed by atoms with Crippen LogP contribution in [0.15, 0.2) is 0 Å². The Hall–Kier alpha value is -0.200. The summed E-state index contributed by atoms with van der Waals surface area (Å²) in [5.74, 6) is 0. The summed E-state index contributed by atoms with van der Waals surface area (Å²) >= 11 is 0. The maximum absolute atomic E-state index is 10.2. The molecule has 0 spiro atoms. The maximum Gasteiger partial charge on any atom is 0.0793 e. The van der Waals surface area contributed by atoms with Crippen molar-refractivity contribution in [1.82, 2.24) is 9.80 Å². The Kier molecular flexibility index (Phi) is 5.59. The zero-order chi connectivity index (χ0) is 13.8. The van der Waals surface area contributed by atoms with E-state index < -0.39 is 0 Å². The van der Waals surface area contributed by atoms with E-state index in [1.165, 1.54) is 0 Å². The number of β-amino-alcohol motifs (C(OH)–C–C–N with tert-alkyl or cyclic N) is 1. The first-order chi connectivity index (χ1) is 9.02. The number of hydrogen-bond acceptors (Lipinski definition) is 5. The summed E-state index contributed by atoms with van der Waals surface area (Å²) in [6.07, 6.45) is 1.71. The van der Waals surface area contributed by atoms with Crippen LogP contribution in [0.5, 0.6) is 0 Å². The number of likely N-dealkylation sites (tertiary alicyclic amines) is 1. The summed E-state index contributed by atoms with van der Waals surface area (Å²) in [4.78, 5) is 4.55. The van der Waals surface area contributed by atoms with Crippen LogP contribution in [0, 0.1) is 0 Å². The van der Waals surface area contributed by atoms with Crippen LogP contribution in [0.1, 0.15) is 26.7 Å². The number of morpholine rings is 1. The lowest BCUT2D eigenvalue weighted by atomic mass is 10.1. The Labute approximate surface area is 116 Å². The average molecular weight is 272 g/mol. The number of nitrogens with zero attached hydrogens (tertiary/aromatic N) is 2. The van der Waals surface area contributed by atoms with Gasteiger partial charge in [0.05, 0.1) is 24.4 Å². The van der Waals surface area contributed by atoms with Crippen molar-refractivity contribution in [3.8, 4) is 0 Å². The van der Waals surface area contributed by atoms with Crippen LogP contribution in [-0.2, 0) is 4.74 Å². The fourth-order valence-corrected chi connectivity index (χ4v) is 3.19. The molecule has 3 unspecified atom stereocenters. The second-order valence-corrected chi connectivity index (χ2v) is 6.16. The van der Waals surface area contributed by atoms with E-state index in [-0.39, 0.29) is 24.4 Å². The molecule has 0 aliphatic carbocycles. The topological polar surface area (TPSA) is 56.2 Å². The minimum absolute atomic E-state index is 0.144. The SMILES string of the molecule is CC1CN(CC(O)CN2CCC(O)CC2)CC(C)O1. The van der Waals surface area contributed by atoms with Crippen LogP contribution in [0.2, 0.25) is 0 Å². The third-order valence-electron chi connectivity index (χ3n) is 3.99. The minimum Gasteiger partial charge on any atom is -0.393 e. The summed E-state index contributed by atoms with van der Waals surface area (Å²) in [5, 5.41) is 19.7. The molecular weight excluding hydrogens is 244 g/mol. The Balaban J connectivity index is 1.70. The van der Waals surface area contributed by atoms with Gasteiger partial charge < -0.3 is 19.8 Å². The van der Waals surface area contributed by atoms with E-state index in [0.29, 0.717) is 6.54 Å². The Morgan fingerprint density at radius 1 is 1.05 bits per heavy atom. The normalized spacial score (nSPS) is 33.5. The van der Waals surface area contributed by atoms with Gasteiger partial charge in [0.1, 0.15) is 0 Å². The molecular formula is C14H28N2O3. The first-order valence-corrected chi connectivity index (χ1v) is 7.49. The molecule has 0 aromatic rings. The average Bonchev–Trinajstić information content (AvgIpc) is 2.30. The molecule has 0 radical (unpaired) electrons. The minimum atomic E-state index is -0.312. The molecule has 3 atom stereocenters. The first kappa shape index (κ1) is 15.2. The molecule has 2 aliphatic heterocycles. The van der Waals surface area contributed by atoms with Gasteiger partial charge >= 0.3 is 0 Å². The summed E-state index contributed by atoms with van der Waals surface area (Å²) < 4.78 is 5.70. The van der Waals surface area contributed by atoms with Gasteiger partial charge in [-0.1, -0.05) is 0 Å². The highest BCUT2D eigenvalue weighted by atomic mass is 16.5. The van der Waals surface area contributed by atoms with Gasteiger partial charge in [-0.15, -0.1) is 0 Å². The molecule has 0 aromatic heterocycles. The predicted molar refractivity (Wildman–Crippen MR) is 74.1 cm³/mol. The maximum atomic E-state index is 10.2. The third kappa shape index (κ3) is 5.00. The van der Waals surface area contributed by atoms with Crippen LogP contribution in [0.3, 0.4) is 0 Å². The third-order valence-corrected chi connectivity index (χ3v) is 3.99. The second-order valence-electron chi connectivity index (χ2n) is 6.16. The van der Waals surface area contributed by atoms with E-state index in [4.69, 9.17) is 4.74 Å². The molecule has 2 fully saturated rings. The lowest BCUT2D eigenvalue weighted by Gasteiger charge is -2.37. The van der Waals surface area contributed by atoms with Crippen molar-refractivity contribution in [3.05, 3.63) is 0 Å². The molecule has 2 N–H and O–H groups in total. The van der Waals surface area contributed by atoms with Crippen molar-refractivity contribution in [1.29, 1.82) is 0 Å². The summed E-state index contributed by atoms with van der Waals surface area (Å²) in [6.45, 7) is 9.20. The Morgan fingerprint density at radius 2 is 1.58 bits per heavy atom. The molecule has 2 heterocycles. The van der Waals surface area contributed by atoms with Crippen molar-refractivity contribution >= 4 is 0 Å². The standard InChI is InChI=1S/C14H28N2O3/c1-11-7-16(8-12(2)19-11)10-14(18)9-15-5-3-13(17)4-6-15/h11-14,17-18H,3-10H2,1-2H3. The lowest BCUT2D eigenvalue weighted by Crippen LogP contribution is -2.50. The van der Waals surface area contributed by atoms with Gasteiger partial charge in [0.15, 0.2) is 0 Å². The van der Waals surface area contributed by atoms with Crippen molar-refractivity contribution in [3.63, 3.8) is 0 Å². The molecule has 0 amide bonds. The van der Waals surface area contributed by atoms with Gasteiger partial charge in [-0.25, -0.2) is 0 Å². The molecule has 0 aromatic carbocycles. The number of aliphatic hydroxyl groups excluding tert-OH is 2.